The molecule has 3 aromatic rings. The summed E-state index contributed by atoms with van der Waals surface area (Å²) in [6, 6.07) is 17.8. The van der Waals surface area contributed by atoms with Crippen LogP contribution in [0.3, 0.4) is 0 Å². The first-order valence-corrected chi connectivity index (χ1v) is 9.66. The molecule has 29 heavy (non-hydrogen) atoms. The molecule has 1 saturated carbocycles. The fourth-order valence-electron chi connectivity index (χ4n) is 4.01. The van der Waals surface area contributed by atoms with Crippen LogP contribution in [0.4, 0.5) is 0 Å². The van der Waals surface area contributed by atoms with Crippen LogP contribution in [0.5, 0.6) is 5.75 Å². The fraction of sp³-hybridized carbons (Fsp3) is 0.304. The number of pyridine rings is 1. The highest BCUT2D eigenvalue weighted by Gasteiger charge is 2.57. The summed E-state index contributed by atoms with van der Waals surface area (Å²) >= 11 is 0. The van der Waals surface area contributed by atoms with Crippen molar-refractivity contribution in [1.82, 2.24) is 10.5 Å². The molecule has 0 spiro atoms. The average Bonchev–Trinajstić information content (AvgIpc) is 3.46. The Balaban J connectivity index is 1.43. The van der Waals surface area contributed by atoms with Gasteiger partial charge in [0.05, 0.1) is 5.52 Å². The number of benzene rings is 2. The van der Waals surface area contributed by atoms with Crippen molar-refractivity contribution in [2.45, 2.75) is 26.4 Å². The summed E-state index contributed by atoms with van der Waals surface area (Å²) in [4.78, 5) is 16.2. The van der Waals surface area contributed by atoms with Gasteiger partial charge in [-0.1, -0.05) is 30.3 Å². The number of carbonyl (C=O) groups is 1. The zero-order valence-electron chi connectivity index (χ0n) is 16.3. The van der Waals surface area contributed by atoms with Crippen LogP contribution in [-0.4, -0.2) is 27.8 Å². The predicted molar refractivity (Wildman–Crippen MR) is 109 cm³/mol. The number of aliphatic hydroxyl groups excluding tert-OH is 1. The standard InChI is InChI=1S/C23H24N2O4/c1-15-10-17(19-4-2-3-5-21(19)24-15)13-29-18-8-6-16(7-9-18)11-23(14-26)12-20(23)22(27)25-28/h2-10,20,26,28H,11-14H2,1H3,(H,25,27)/t20-,23-/m1/s1. The summed E-state index contributed by atoms with van der Waals surface area (Å²) in [5.41, 5.74) is 5.23. The first-order chi connectivity index (χ1) is 14.0. The molecule has 1 aromatic heterocycles. The lowest BCUT2D eigenvalue weighted by atomic mass is 9.94. The van der Waals surface area contributed by atoms with Crippen molar-refractivity contribution < 1.29 is 19.8 Å². The van der Waals surface area contributed by atoms with Crippen LogP contribution in [0.25, 0.3) is 10.9 Å². The zero-order valence-corrected chi connectivity index (χ0v) is 16.3. The summed E-state index contributed by atoms with van der Waals surface area (Å²) in [5, 5.41) is 19.6. The molecule has 0 aliphatic heterocycles. The molecule has 1 aliphatic carbocycles. The number of nitrogens with zero attached hydrogens (tertiary/aromatic N) is 1. The Labute approximate surface area is 169 Å². The highest BCUT2D eigenvalue weighted by atomic mass is 16.5. The molecular weight excluding hydrogens is 368 g/mol. The Kier molecular flexibility index (Phi) is 5.22. The van der Waals surface area contributed by atoms with Crippen LogP contribution in [0.15, 0.2) is 54.6 Å². The Bertz CT molecular complexity index is 1030. The Hall–Kier alpha value is -2.96. The topological polar surface area (TPSA) is 91.7 Å². The van der Waals surface area contributed by atoms with Gasteiger partial charge < -0.3 is 9.84 Å². The molecule has 2 aromatic carbocycles. The van der Waals surface area contributed by atoms with Crippen molar-refractivity contribution in [1.29, 1.82) is 0 Å². The molecule has 0 bridgehead atoms. The van der Waals surface area contributed by atoms with Gasteiger partial charge in [-0.3, -0.25) is 15.0 Å². The second kappa shape index (κ2) is 7.81. The van der Waals surface area contributed by atoms with E-state index in [0.29, 0.717) is 19.4 Å². The molecule has 6 heteroatoms. The first-order valence-electron chi connectivity index (χ1n) is 9.66. The molecule has 0 unspecified atom stereocenters. The molecule has 2 atom stereocenters. The number of hydroxylamine groups is 1. The molecule has 0 saturated heterocycles. The van der Waals surface area contributed by atoms with Crippen molar-refractivity contribution in [3.05, 3.63) is 71.4 Å². The minimum Gasteiger partial charge on any atom is -0.489 e. The Morgan fingerprint density at radius 1 is 1.24 bits per heavy atom. The fourth-order valence-corrected chi connectivity index (χ4v) is 4.01. The molecule has 4 rings (SSSR count). The highest BCUT2D eigenvalue weighted by Crippen LogP contribution is 2.54. The quantitative estimate of drug-likeness (QED) is 0.424. The lowest BCUT2D eigenvalue weighted by Crippen LogP contribution is -2.26. The van der Waals surface area contributed by atoms with E-state index >= 15 is 0 Å². The zero-order chi connectivity index (χ0) is 20.4. The van der Waals surface area contributed by atoms with Crippen molar-refractivity contribution in [2.24, 2.45) is 11.3 Å². The summed E-state index contributed by atoms with van der Waals surface area (Å²) in [7, 11) is 0. The summed E-state index contributed by atoms with van der Waals surface area (Å²) in [5.74, 6) is -0.0266. The van der Waals surface area contributed by atoms with E-state index < -0.39 is 11.3 Å². The molecule has 1 aliphatic rings. The third-order valence-electron chi connectivity index (χ3n) is 5.74. The van der Waals surface area contributed by atoms with Gasteiger partial charge in [-0.2, -0.15) is 0 Å². The minimum absolute atomic E-state index is 0.0855. The van der Waals surface area contributed by atoms with Crippen LogP contribution in [0.1, 0.15) is 23.2 Å². The molecule has 6 nitrogen and oxygen atoms in total. The van der Waals surface area contributed by atoms with Gasteiger partial charge in [-0.05, 0) is 49.6 Å². The second-order valence-electron chi connectivity index (χ2n) is 7.80. The van der Waals surface area contributed by atoms with Gasteiger partial charge in [0.25, 0.3) is 0 Å². The van der Waals surface area contributed by atoms with Gasteiger partial charge in [0.1, 0.15) is 12.4 Å². The number of aryl methyl sites for hydroxylation is 1. The van der Waals surface area contributed by atoms with Crippen LogP contribution in [-0.2, 0) is 17.8 Å². The molecule has 1 amide bonds. The third-order valence-corrected chi connectivity index (χ3v) is 5.74. The Morgan fingerprint density at radius 3 is 2.72 bits per heavy atom. The van der Waals surface area contributed by atoms with Gasteiger partial charge in [-0.15, -0.1) is 0 Å². The maximum absolute atomic E-state index is 11.6. The van der Waals surface area contributed by atoms with E-state index in [0.717, 1.165) is 33.5 Å². The molecule has 1 heterocycles. The maximum atomic E-state index is 11.6. The lowest BCUT2D eigenvalue weighted by Gasteiger charge is -2.14. The number of rotatable bonds is 7. The average molecular weight is 392 g/mol. The normalized spacial score (nSPS) is 20.4. The maximum Gasteiger partial charge on any atom is 0.247 e. The van der Waals surface area contributed by atoms with Crippen LogP contribution < -0.4 is 10.2 Å². The van der Waals surface area contributed by atoms with Crippen molar-refractivity contribution in [3.63, 3.8) is 0 Å². The number of para-hydroxylation sites is 1. The van der Waals surface area contributed by atoms with Crippen molar-refractivity contribution >= 4 is 16.8 Å². The number of nitrogens with one attached hydrogen (secondary N) is 1. The lowest BCUT2D eigenvalue weighted by molar-refractivity contribution is -0.131. The van der Waals surface area contributed by atoms with E-state index in [1.165, 1.54) is 0 Å². The predicted octanol–water partition coefficient (Wildman–Crippen LogP) is 3.17. The van der Waals surface area contributed by atoms with Gasteiger partial charge in [0.2, 0.25) is 5.91 Å². The monoisotopic (exact) mass is 392 g/mol. The summed E-state index contributed by atoms with van der Waals surface area (Å²) in [6.07, 6.45) is 1.15. The van der Waals surface area contributed by atoms with Crippen molar-refractivity contribution in [2.75, 3.05) is 6.61 Å². The summed E-state index contributed by atoms with van der Waals surface area (Å²) < 4.78 is 5.98. The van der Waals surface area contributed by atoms with Crippen LogP contribution in [0.2, 0.25) is 0 Å². The number of amides is 1. The largest absolute Gasteiger partial charge is 0.489 e. The van der Waals surface area contributed by atoms with Gasteiger partial charge >= 0.3 is 0 Å². The molecular formula is C23H24N2O4. The number of carbonyl (C=O) groups excluding carboxylic acids is 1. The minimum atomic E-state index is -0.483. The number of fused-ring (bicyclic) bond motifs is 1. The van der Waals surface area contributed by atoms with Gasteiger partial charge in [-0.25, -0.2) is 5.48 Å². The second-order valence-corrected chi connectivity index (χ2v) is 7.80. The van der Waals surface area contributed by atoms with E-state index in [9.17, 15) is 9.90 Å². The number of hydrogen-bond acceptors (Lipinski definition) is 5. The van der Waals surface area contributed by atoms with Gasteiger partial charge in [0.15, 0.2) is 0 Å². The van der Waals surface area contributed by atoms with Crippen LogP contribution in [0, 0.1) is 18.3 Å². The molecule has 3 N–H and O–H groups in total. The number of hydrogen-bond donors (Lipinski definition) is 3. The molecule has 0 radical (unpaired) electrons. The third kappa shape index (κ3) is 3.95. The van der Waals surface area contributed by atoms with Crippen LogP contribution >= 0.6 is 0 Å². The van der Waals surface area contributed by atoms with Crippen molar-refractivity contribution in [3.8, 4) is 5.75 Å². The highest BCUT2D eigenvalue weighted by molar-refractivity contribution is 5.82. The Morgan fingerprint density at radius 2 is 2.00 bits per heavy atom. The van der Waals surface area contributed by atoms with E-state index in [1.807, 2.05) is 61.5 Å². The number of aromatic nitrogens is 1. The molecule has 150 valence electrons. The number of aliphatic hydroxyl groups is 1. The molecule has 1 fully saturated rings. The summed E-state index contributed by atoms with van der Waals surface area (Å²) in [6.45, 7) is 2.34. The number of ether oxygens (including phenoxy) is 1. The SMILES string of the molecule is Cc1cc(COc2ccc(C[C@]3(CO)C[C@@H]3C(=O)NO)cc2)c2ccccc2n1. The van der Waals surface area contributed by atoms with E-state index in [4.69, 9.17) is 9.94 Å². The smallest absolute Gasteiger partial charge is 0.247 e. The first kappa shape index (κ1) is 19.4. The van der Waals surface area contributed by atoms with E-state index in [2.05, 4.69) is 4.98 Å². The van der Waals surface area contributed by atoms with Gasteiger partial charge in [0, 0.05) is 34.6 Å². The van der Waals surface area contributed by atoms with E-state index in [1.54, 1.807) is 5.48 Å². The van der Waals surface area contributed by atoms with E-state index in [-0.39, 0.29) is 12.5 Å².